The van der Waals surface area contributed by atoms with Crippen molar-refractivity contribution in [2.24, 2.45) is 0 Å². The molecule has 1 aromatic heterocycles. The van der Waals surface area contributed by atoms with E-state index < -0.39 is 11.5 Å². The maximum Gasteiger partial charge on any atom is 0.343 e. The number of rotatable bonds is 6. The number of thioether (sulfide) groups is 1. The number of aromatic amines is 1. The number of hydrogen-bond donors (Lipinski definition) is 3. The summed E-state index contributed by atoms with van der Waals surface area (Å²) in [7, 11) is 1.59. The molecule has 0 radical (unpaired) electrons. The highest BCUT2D eigenvalue weighted by molar-refractivity contribution is 7.99. The molecule has 1 unspecified atom stereocenters. The number of carbonyl (C=O) groups is 1. The van der Waals surface area contributed by atoms with Crippen LogP contribution in [0.4, 0.5) is 0 Å². The van der Waals surface area contributed by atoms with E-state index in [-0.39, 0.29) is 11.4 Å². The predicted molar refractivity (Wildman–Crippen MR) is 64.3 cm³/mol. The van der Waals surface area contributed by atoms with Crippen LogP contribution in [-0.2, 0) is 11.3 Å². The molecule has 0 aromatic carbocycles. The molecular weight excluding hydrogens is 244 g/mol. The van der Waals surface area contributed by atoms with Crippen molar-refractivity contribution in [2.45, 2.75) is 31.1 Å². The van der Waals surface area contributed by atoms with Crippen molar-refractivity contribution in [1.82, 2.24) is 20.1 Å². The summed E-state index contributed by atoms with van der Waals surface area (Å²) in [5.74, 6) is -0.656. The van der Waals surface area contributed by atoms with Crippen molar-refractivity contribution in [2.75, 3.05) is 12.8 Å². The Kier molecular flexibility index (Phi) is 4.35. The minimum absolute atomic E-state index is 0.281. The maximum absolute atomic E-state index is 11.3. The van der Waals surface area contributed by atoms with Crippen molar-refractivity contribution in [1.29, 1.82) is 0 Å². The highest BCUT2D eigenvalue weighted by atomic mass is 32.2. The molecule has 0 aliphatic heterocycles. The first kappa shape index (κ1) is 13.8. The lowest BCUT2D eigenvalue weighted by Crippen LogP contribution is -2.49. The average molecular weight is 260 g/mol. The number of hydrogen-bond acceptors (Lipinski definition) is 5. The summed E-state index contributed by atoms with van der Waals surface area (Å²) in [5.41, 5.74) is -1.32. The number of carboxylic acids is 1. The first-order valence-electron chi connectivity index (χ1n) is 5.15. The molecule has 96 valence electrons. The van der Waals surface area contributed by atoms with Crippen LogP contribution in [0.5, 0.6) is 0 Å². The minimum Gasteiger partial charge on any atom is -0.480 e. The lowest BCUT2D eigenvalue weighted by Gasteiger charge is -2.23. The minimum atomic E-state index is -1.04. The molecule has 0 fully saturated rings. The normalized spacial score (nSPS) is 14.5. The van der Waals surface area contributed by atoms with Crippen molar-refractivity contribution < 1.29 is 9.90 Å². The molecule has 3 N–H and O–H groups in total. The van der Waals surface area contributed by atoms with Crippen LogP contribution in [0.3, 0.4) is 0 Å². The smallest absolute Gasteiger partial charge is 0.343 e. The fraction of sp³-hybridized carbons (Fsp3) is 0.667. The predicted octanol–water partition coefficient (Wildman–Crippen LogP) is -0.254. The van der Waals surface area contributed by atoms with Crippen LogP contribution in [0, 0.1) is 0 Å². The molecule has 0 saturated carbocycles. The molecule has 1 heterocycles. The number of aliphatic carboxylic acids is 1. The van der Waals surface area contributed by atoms with Gasteiger partial charge < -0.3 is 10.4 Å². The summed E-state index contributed by atoms with van der Waals surface area (Å²) < 4.78 is 1.46. The van der Waals surface area contributed by atoms with Gasteiger partial charge in [0.2, 0.25) is 0 Å². The van der Waals surface area contributed by atoms with Gasteiger partial charge in [-0.05, 0) is 20.9 Å². The first-order valence-corrected chi connectivity index (χ1v) is 6.13. The summed E-state index contributed by atoms with van der Waals surface area (Å²) in [6.07, 6.45) is 0. The van der Waals surface area contributed by atoms with Crippen LogP contribution >= 0.6 is 11.8 Å². The molecule has 0 aliphatic rings. The van der Waals surface area contributed by atoms with Crippen molar-refractivity contribution in [3.8, 4) is 0 Å². The molecule has 1 aromatic rings. The van der Waals surface area contributed by atoms with Gasteiger partial charge in [-0.15, -0.1) is 5.10 Å². The van der Waals surface area contributed by atoms with Gasteiger partial charge in [-0.1, -0.05) is 11.8 Å². The highest BCUT2D eigenvalue weighted by Gasteiger charge is 2.31. The molecule has 0 saturated heterocycles. The van der Waals surface area contributed by atoms with Crippen LogP contribution in [0.25, 0.3) is 0 Å². The fourth-order valence-electron chi connectivity index (χ4n) is 1.14. The quantitative estimate of drug-likeness (QED) is 0.610. The first-order chi connectivity index (χ1) is 7.94. The third-order valence-corrected chi connectivity index (χ3v) is 3.84. The van der Waals surface area contributed by atoms with Gasteiger partial charge in [0.05, 0.1) is 0 Å². The molecule has 8 heteroatoms. The van der Waals surface area contributed by atoms with Gasteiger partial charge in [0.25, 0.3) is 0 Å². The number of aromatic nitrogens is 3. The van der Waals surface area contributed by atoms with E-state index in [9.17, 15) is 9.59 Å². The van der Waals surface area contributed by atoms with Gasteiger partial charge >= 0.3 is 11.7 Å². The Morgan fingerprint density at radius 2 is 2.35 bits per heavy atom. The van der Waals surface area contributed by atoms with Gasteiger partial charge in [-0.25, -0.2) is 9.89 Å². The van der Waals surface area contributed by atoms with Gasteiger partial charge in [0.15, 0.2) is 5.16 Å². The number of carboxylic acid groups (broad SMARTS) is 1. The van der Waals surface area contributed by atoms with Gasteiger partial charge in [-0.3, -0.25) is 9.36 Å². The van der Waals surface area contributed by atoms with Crippen molar-refractivity contribution >= 4 is 17.7 Å². The molecule has 0 spiro atoms. The monoisotopic (exact) mass is 260 g/mol. The van der Waals surface area contributed by atoms with Crippen LogP contribution in [0.15, 0.2) is 9.95 Å². The zero-order chi connectivity index (χ0) is 13.1. The van der Waals surface area contributed by atoms with E-state index in [0.717, 1.165) is 0 Å². The second kappa shape index (κ2) is 5.37. The molecule has 1 atom stereocenters. The second-order valence-corrected chi connectivity index (χ2v) is 4.67. The van der Waals surface area contributed by atoms with Crippen molar-refractivity contribution in [3.05, 3.63) is 10.5 Å². The van der Waals surface area contributed by atoms with Crippen LogP contribution in [0.2, 0.25) is 0 Å². The maximum atomic E-state index is 11.3. The zero-order valence-electron chi connectivity index (χ0n) is 9.98. The molecule has 17 heavy (non-hydrogen) atoms. The largest absolute Gasteiger partial charge is 0.480 e. The molecule has 7 nitrogen and oxygen atoms in total. The Balaban J connectivity index is 2.79. The Morgan fingerprint density at radius 3 is 2.82 bits per heavy atom. The van der Waals surface area contributed by atoms with E-state index in [0.29, 0.717) is 11.7 Å². The summed E-state index contributed by atoms with van der Waals surface area (Å²) in [5, 5.41) is 18.5. The standard InChI is InChI=1S/C9H16N4O3S/c1-4-13-7(16)11-12-8(13)17-5-9(2,10-3)6(14)15/h10H,4-5H2,1-3H3,(H,11,16)(H,14,15). The number of likely N-dealkylation sites (N-methyl/N-ethyl adjacent to an activating group) is 1. The third-order valence-electron chi connectivity index (χ3n) is 2.55. The Hall–Kier alpha value is -1.28. The second-order valence-electron chi connectivity index (χ2n) is 3.73. The Bertz CT molecular complexity index is 455. The van der Waals surface area contributed by atoms with E-state index in [1.807, 2.05) is 6.92 Å². The summed E-state index contributed by atoms with van der Waals surface area (Å²) in [6.45, 7) is 3.92. The molecule has 1 rings (SSSR count). The number of nitrogens with zero attached hydrogens (tertiary/aromatic N) is 2. The van der Waals surface area contributed by atoms with Gasteiger partial charge in [-0.2, -0.15) is 0 Å². The SMILES string of the molecule is CCn1c(SCC(C)(NC)C(=O)O)n[nH]c1=O. The van der Waals surface area contributed by atoms with E-state index in [1.54, 1.807) is 14.0 Å². The van der Waals surface area contributed by atoms with E-state index >= 15 is 0 Å². The molecule has 0 amide bonds. The molecular formula is C9H16N4O3S. The lowest BCUT2D eigenvalue weighted by molar-refractivity contribution is -0.142. The summed E-state index contributed by atoms with van der Waals surface area (Å²) >= 11 is 1.23. The van der Waals surface area contributed by atoms with Gasteiger partial charge in [0.1, 0.15) is 5.54 Å². The highest BCUT2D eigenvalue weighted by Crippen LogP contribution is 2.19. The Morgan fingerprint density at radius 1 is 1.71 bits per heavy atom. The number of H-pyrrole nitrogens is 1. The van der Waals surface area contributed by atoms with E-state index in [1.165, 1.54) is 16.3 Å². The topological polar surface area (TPSA) is 100 Å². The van der Waals surface area contributed by atoms with Crippen LogP contribution in [-0.4, -0.2) is 44.2 Å². The molecule has 0 aliphatic carbocycles. The average Bonchev–Trinajstić information content (AvgIpc) is 2.66. The zero-order valence-corrected chi connectivity index (χ0v) is 10.8. The van der Waals surface area contributed by atoms with Gasteiger partial charge in [0, 0.05) is 12.3 Å². The fourth-order valence-corrected chi connectivity index (χ4v) is 2.31. The van der Waals surface area contributed by atoms with Crippen LogP contribution < -0.4 is 11.0 Å². The lowest BCUT2D eigenvalue weighted by atomic mass is 10.1. The molecule has 0 bridgehead atoms. The summed E-state index contributed by atoms with van der Waals surface area (Å²) in [6, 6.07) is 0. The van der Waals surface area contributed by atoms with E-state index in [4.69, 9.17) is 5.11 Å². The van der Waals surface area contributed by atoms with Crippen LogP contribution in [0.1, 0.15) is 13.8 Å². The third kappa shape index (κ3) is 2.89. The summed E-state index contributed by atoms with van der Waals surface area (Å²) in [4.78, 5) is 22.4. The van der Waals surface area contributed by atoms with Crippen molar-refractivity contribution in [3.63, 3.8) is 0 Å². The van der Waals surface area contributed by atoms with E-state index in [2.05, 4.69) is 15.5 Å². The Labute approximate surface area is 103 Å². The number of nitrogens with one attached hydrogen (secondary N) is 2.